The first kappa shape index (κ1) is 22.8. The SMILES string of the molecule is O=C(NCC(F)(F)F)c1cc(S(=O)(=O)Nc2cccc(C(F)(F)F)c2)ccc1Cl. The second-order valence-electron chi connectivity index (χ2n) is 5.62. The molecule has 5 nitrogen and oxygen atoms in total. The quantitative estimate of drug-likeness (QED) is 0.647. The molecule has 158 valence electrons. The van der Waals surface area contributed by atoms with E-state index in [1.807, 2.05) is 4.72 Å². The van der Waals surface area contributed by atoms with Gasteiger partial charge in [0.05, 0.1) is 21.0 Å². The number of benzene rings is 2. The minimum atomic E-state index is -4.70. The summed E-state index contributed by atoms with van der Waals surface area (Å²) in [5.41, 5.74) is -2.05. The molecule has 0 radical (unpaired) electrons. The number of carbonyl (C=O) groups is 1. The van der Waals surface area contributed by atoms with Gasteiger partial charge in [0.1, 0.15) is 6.54 Å². The first-order valence-electron chi connectivity index (χ1n) is 7.54. The summed E-state index contributed by atoms with van der Waals surface area (Å²) in [7, 11) is -4.47. The number of nitrogens with one attached hydrogen (secondary N) is 2. The van der Waals surface area contributed by atoms with Crippen LogP contribution in [0.1, 0.15) is 15.9 Å². The predicted molar refractivity (Wildman–Crippen MR) is 92.1 cm³/mol. The lowest BCUT2D eigenvalue weighted by atomic mass is 10.2. The third-order valence-corrected chi connectivity index (χ3v) is 5.09. The van der Waals surface area contributed by atoms with Crippen molar-refractivity contribution in [2.45, 2.75) is 17.2 Å². The van der Waals surface area contributed by atoms with Gasteiger partial charge >= 0.3 is 12.4 Å². The van der Waals surface area contributed by atoms with Crippen LogP contribution >= 0.6 is 11.6 Å². The molecular weight excluding hydrogens is 450 g/mol. The van der Waals surface area contributed by atoms with Crippen molar-refractivity contribution in [2.24, 2.45) is 0 Å². The highest BCUT2D eigenvalue weighted by Gasteiger charge is 2.31. The Morgan fingerprint density at radius 2 is 1.66 bits per heavy atom. The maximum atomic E-state index is 12.7. The zero-order valence-corrected chi connectivity index (χ0v) is 15.6. The third-order valence-electron chi connectivity index (χ3n) is 3.38. The largest absolute Gasteiger partial charge is 0.416 e. The number of hydrogen-bond donors (Lipinski definition) is 2. The molecule has 0 bridgehead atoms. The van der Waals surface area contributed by atoms with Gasteiger partial charge in [0.15, 0.2) is 0 Å². The average Bonchev–Trinajstić information content (AvgIpc) is 2.58. The molecule has 1 amide bonds. The fraction of sp³-hybridized carbons (Fsp3) is 0.188. The van der Waals surface area contributed by atoms with Gasteiger partial charge in [-0.2, -0.15) is 26.3 Å². The van der Waals surface area contributed by atoms with Gasteiger partial charge in [-0.05, 0) is 36.4 Å². The Hall–Kier alpha value is -2.47. The maximum absolute atomic E-state index is 12.7. The van der Waals surface area contributed by atoms with E-state index in [1.165, 1.54) is 0 Å². The zero-order chi connectivity index (χ0) is 22.0. The number of amides is 1. The van der Waals surface area contributed by atoms with Crippen molar-refractivity contribution in [3.63, 3.8) is 0 Å². The molecule has 0 saturated carbocycles. The fourth-order valence-electron chi connectivity index (χ4n) is 2.09. The molecule has 2 aromatic rings. The summed E-state index contributed by atoms with van der Waals surface area (Å²) in [6, 6.07) is 5.97. The molecule has 0 spiro atoms. The van der Waals surface area contributed by atoms with Gasteiger partial charge in [0.2, 0.25) is 0 Å². The number of halogens is 7. The topological polar surface area (TPSA) is 75.3 Å². The Balaban J connectivity index is 2.31. The van der Waals surface area contributed by atoms with E-state index in [4.69, 9.17) is 11.6 Å². The number of anilines is 1. The Morgan fingerprint density at radius 1 is 1.00 bits per heavy atom. The average molecular weight is 461 g/mol. The molecular formula is C16H11ClF6N2O3S. The maximum Gasteiger partial charge on any atom is 0.416 e. The van der Waals surface area contributed by atoms with Crippen molar-refractivity contribution in [1.29, 1.82) is 0 Å². The van der Waals surface area contributed by atoms with Gasteiger partial charge in [-0.15, -0.1) is 0 Å². The zero-order valence-electron chi connectivity index (χ0n) is 14.0. The van der Waals surface area contributed by atoms with Crippen molar-refractivity contribution in [2.75, 3.05) is 11.3 Å². The van der Waals surface area contributed by atoms with Crippen LogP contribution in [0.3, 0.4) is 0 Å². The van der Waals surface area contributed by atoms with E-state index in [-0.39, 0.29) is 5.02 Å². The van der Waals surface area contributed by atoms with Gasteiger partial charge in [-0.25, -0.2) is 8.42 Å². The molecule has 29 heavy (non-hydrogen) atoms. The Labute approximate surface area is 165 Å². The summed E-state index contributed by atoms with van der Waals surface area (Å²) in [5.74, 6) is -1.27. The summed E-state index contributed by atoms with van der Waals surface area (Å²) < 4.78 is 102. The van der Waals surface area contributed by atoms with Crippen LogP contribution in [0.5, 0.6) is 0 Å². The van der Waals surface area contributed by atoms with Gasteiger partial charge in [0, 0.05) is 5.69 Å². The van der Waals surface area contributed by atoms with Crippen LogP contribution in [0.15, 0.2) is 47.4 Å². The van der Waals surface area contributed by atoms with Gasteiger partial charge < -0.3 is 5.32 Å². The minimum Gasteiger partial charge on any atom is -0.343 e. The molecule has 13 heteroatoms. The minimum absolute atomic E-state index is 0.317. The molecule has 2 aromatic carbocycles. The normalized spacial score (nSPS) is 12.5. The summed E-state index contributed by atoms with van der Waals surface area (Å²) >= 11 is 5.74. The van der Waals surface area contributed by atoms with Crippen LogP contribution in [-0.2, 0) is 16.2 Å². The van der Waals surface area contributed by atoms with Gasteiger partial charge in [-0.1, -0.05) is 17.7 Å². The number of carbonyl (C=O) groups excluding carboxylic acids is 1. The van der Waals surface area contributed by atoms with Crippen LogP contribution in [0, 0.1) is 0 Å². The van der Waals surface area contributed by atoms with E-state index >= 15 is 0 Å². The Kier molecular flexibility index (Phi) is 6.38. The predicted octanol–water partition coefficient (Wildman–Crippen LogP) is 4.45. The Morgan fingerprint density at radius 3 is 2.24 bits per heavy atom. The molecule has 2 N–H and O–H groups in total. The Bertz CT molecular complexity index is 1020. The standard InChI is InChI=1S/C16H11ClF6N2O3S/c17-13-5-4-11(7-12(13)14(26)24-8-15(18,19)20)29(27,28)25-10-3-1-2-9(6-10)16(21,22)23/h1-7,25H,8H2,(H,24,26). The lowest BCUT2D eigenvalue weighted by Gasteiger charge is -2.13. The summed E-state index contributed by atoms with van der Waals surface area (Å²) in [6.45, 7) is -1.67. The van der Waals surface area contributed by atoms with Crippen molar-refractivity contribution in [3.8, 4) is 0 Å². The van der Waals surface area contributed by atoms with E-state index in [1.54, 1.807) is 5.32 Å². The number of rotatable bonds is 5. The van der Waals surface area contributed by atoms with E-state index in [0.717, 1.165) is 30.3 Å². The van der Waals surface area contributed by atoms with Crippen LogP contribution in [-0.4, -0.2) is 27.0 Å². The number of alkyl halides is 6. The molecule has 0 aliphatic rings. The molecule has 0 aliphatic heterocycles. The highest BCUT2D eigenvalue weighted by molar-refractivity contribution is 7.92. The fourth-order valence-corrected chi connectivity index (χ4v) is 3.37. The number of sulfonamides is 1. The number of hydrogen-bond acceptors (Lipinski definition) is 3. The summed E-state index contributed by atoms with van der Waals surface area (Å²) in [4.78, 5) is 11.3. The highest BCUT2D eigenvalue weighted by Crippen LogP contribution is 2.31. The van der Waals surface area contributed by atoms with E-state index < -0.39 is 56.5 Å². The second kappa shape index (κ2) is 8.11. The van der Waals surface area contributed by atoms with E-state index in [0.29, 0.717) is 12.1 Å². The molecule has 0 fully saturated rings. The van der Waals surface area contributed by atoms with Crippen LogP contribution in [0.4, 0.5) is 32.0 Å². The van der Waals surface area contributed by atoms with Crippen molar-refractivity contribution < 1.29 is 39.6 Å². The van der Waals surface area contributed by atoms with E-state index in [9.17, 15) is 39.6 Å². The van der Waals surface area contributed by atoms with Crippen LogP contribution in [0.25, 0.3) is 0 Å². The molecule has 0 aliphatic carbocycles. The van der Waals surface area contributed by atoms with Crippen molar-refractivity contribution >= 4 is 33.2 Å². The smallest absolute Gasteiger partial charge is 0.343 e. The lowest BCUT2D eigenvalue weighted by Crippen LogP contribution is -2.34. The van der Waals surface area contributed by atoms with Crippen LogP contribution in [0.2, 0.25) is 5.02 Å². The van der Waals surface area contributed by atoms with Crippen molar-refractivity contribution in [3.05, 3.63) is 58.6 Å². The van der Waals surface area contributed by atoms with Crippen LogP contribution < -0.4 is 10.0 Å². The second-order valence-corrected chi connectivity index (χ2v) is 7.71. The third kappa shape index (κ3) is 6.26. The first-order valence-corrected chi connectivity index (χ1v) is 9.40. The molecule has 0 heterocycles. The summed E-state index contributed by atoms with van der Waals surface area (Å²) in [6.07, 6.45) is -9.40. The highest BCUT2D eigenvalue weighted by atomic mass is 35.5. The van der Waals surface area contributed by atoms with Crippen molar-refractivity contribution in [1.82, 2.24) is 5.32 Å². The lowest BCUT2D eigenvalue weighted by molar-refractivity contribution is -0.137. The molecule has 2 rings (SSSR count). The summed E-state index contributed by atoms with van der Waals surface area (Å²) in [5, 5.41) is 1.23. The molecule has 0 unspecified atom stereocenters. The van der Waals surface area contributed by atoms with Gasteiger partial charge in [0.25, 0.3) is 15.9 Å². The first-order chi connectivity index (χ1) is 13.2. The molecule has 0 aromatic heterocycles. The van der Waals surface area contributed by atoms with E-state index in [2.05, 4.69) is 0 Å². The molecule has 0 saturated heterocycles. The molecule has 0 atom stereocenters. The monoisotopic (exact) mass is 460 g/mol. The van der Waals surface area contributed by atoms with Gasteiger partial charge in [-0.3, -0.25) is 9.52 Å².